The van der Waals surface area contributed by atoms with Crippen molar-refractivity contribution in [2.45, 2.75) is 20.5 Å². The maximum absolute atomic E-state index is 12.7. The van der Waals surface area contributed by atoms with Crippen molar-refractivity contribution >= 4 is 50.5 Å². The second-order valence-corrected chi connectivity index (χ2v) is 9.09. The largest absolute Gasteiger partial charge is 0.493 e. The number of aryl methyl sites for hydroxylation is 2. The molecule has 2 aromatic carbocycles. The van der Waals surface area contributed by atoms with E-state index in [1.54, 1.807) is 17.9 Å². The molecule has 0 spiro atoms. The van der Waals surface area contributed by atoms with Crippen LogP contribution in [0.15, 0.2) is 58.6 Å². The number of nitriles is 1. The molecule has 0 unspecified atom stereocenters. The van der Waals surface area contributed by atoms with Crippen LogP contribution >= 0.6 is 38.5 Å². The third kappa shape index (κ3) is 5.72. The molecule has 3 aromatic rings. The fourth-order valence-electron chi connectivity index (χ4n) is 3.02. The molecular weight excluding hydrogens is 585 g/mol. The molecule has 1 amide bonds. The summed E-state index contributed by atoms with van der Waals surface area (Å²) in [6, 6.07) is 17.2. The monoisotopic (exact) mass is 605 g/mol. The van der Waals surface area contributed by atoms with E-state index in [1.165, 1.54) is 6.08 Å². The SMILES string of the molecule is COc1cc(/C=C(/C#N)C(=O)Nn2c(C)ccc2C)cc(I)c1OCc1ccc(Br)cc1. The summed E-state index contributed by atoms with van der Waals surface area (Å²) in [7, 11) is 1.56. The molecule has 0 aliphatic heterocycles. The van der Waals surface area contributed by atoms with Gasteiger partial charge in [-0.05, 0) is 90.0 Å². The Morgan fingerprint density at radius 3 is 2.44 bits per heavy atom. The van der Waals surface area contributed by atoms with Crippen molar-refractivity contribution in [2.24, 2.45) is 0 Å². The van der Waals surface area contributed by atoms with Gasteiger partial charge in [-0.3, -0.25) is 14.9 Å². The van der Waals surface area contributed by atoms with Gasteiger partial charge < -0.3 is 9.47 Å². The Morgan fingerprint density at radius 1 is 1.19 bits per heavy atom. The molecule has 0 fully saturated rings. The first kappa shape index (κ1) is 23.9. The lowest BCUT2D eigenvalue weighted by atomic mass is 10.1. The van der Waals surface area contributed by atoms with E-state index in [0.29, 0.717) is 23.7 Å². The zero-order valence-electron chi connectivity index (χ0n) is 17.8. The number of rotatable bonds is 7. The molecule has 3 rings (SSSR count). The zero-order chi connectivity index (χ0) is 23.3. The molecule has 0 aliphatic rings. The smallest absolute Gasteiger partial charge is 0.280 e. The first-order chi connectivity index (χ1) is 15.3. The van der Waals surface area contributed by atoms with Crippen molar-refractivity contribution in [3.05, 3.63) is 84.7 Å². The lowest BCUT2D eigenvalue weighted by Crippen LogP contribution is -2.25. The molecule has 164 valence electrons. The molecule has 0 saturated carbocycles. The number of amides is 1. The Hall–Kier alpha value is -2.77. The van der Waals surface area contributed by atoms with Crippen LogP contribution in [0.2, 0.25) is 0 Å². The Bertz CT molecular complexity index is 1190. The molecule has 1 aromatic heterocycles. The number of carbonyl (C=O) groups is 1. The van der Waals surface area contributed by atoms with Crippen LogP contribution in [0, 0.1) is 28.7 Å². The fraction of sp³-hybridized carbons (Fsp3) is 0.167. The number of hydrogen-bond donors (Lipinski definition) is 1. The number of nitrogens with one attached hydrogen (secondary N) is 1. The van der Waals surface area contributed by atoms with Gasteiger partial charge in [-0.2, -0.15) is 5.26 Å². The standard InChI is InChI=1S/C24H21BrIN3O3/c1-15-4-5-16(2)29(15)28-24(30)19(13-27)10-18-11-21(26)23(22(12-18)31-3)32-14-17-6-8-20(25)9-7-17/h4-12H,14H2,1-3H3,(H,28,30)/b19-10-. The molecule has 8 heteroatoms. The Morgan fingerprint density at radius 2 is 1.84 bits per heavy atom. The minimum Gasteiger partial charge on any atom is -0.493 e. The molecule has 6 nitrogen and oxygen atoms in total. The molecule has 32 heavy (non-hydrogen) atoms. The van der Waals surface area contributed by atoms with Gasteiger partial charge in [0.1, 0.15) is 18.2 Å². The number of nitrogens with zero attached hydrogens (tertiary/aromatic N) is 2. The van der Waals surface area contributed by atoms with Crippen molar-refractivity contribution < 1.29 is 14.3 Å². The molecule has 0 radical (unpaired) electrons. The van der Waals surface area contributed by atoms with Gasteiger partial charge in [0, 0.05) is 15.9 Å². The second kappa shape index (κ2) is 10.7. The normalized spacial score (nSPS) is 11.1. The van der Waals surface area contributed by atoms with Crippen LogP contribution in [0.5, 0.6) is 11.5 Å². The van der Waals surface area contributed by atoms with Crippen LogP contribution in [0.3, 0.4) is 0 Å². The van der Waals surface area contributed by atoms with E-state index in [1.807, 2.05) is 62.4 Å². The van der Waals surface area contributed by atoms with Crippen LogP contribution in [-0.2, 0) is 11.4 Å². The van der Waals surface area contributed by atoms with Gasteiger partial charge in [-0.15, -0.1) is 0 Å². The number of ether oxygens (including phenoxy) is 2. The van der Waals surface area contributed by atoms with Crippen LogP contribution in [0.25, 0.3) is 6.08 Å². The minimum absolute atomic E-state index is 0.0149. The zero-order valence-corrected chi connectivity index (χ0v) is 21.5. The molecular formula is C24H21BrIN3O3. The van der Waals surface area contributed by atoms with Crippen LogP contribution in [-0.4, -0.2) is 17.7 Å². The third-order valence-electron chi connectivity index (χ3n) is 4.71. The average molecular weight is 606 g/mol. The van der Waals surface area contributed by atoms with Crippen molar-refractivity contribution in [1.29, 1.82) is 5.26 Å². The molecule has 1 N–H and O–H groups in total. The van der Waals surface area contributed by atoms with E-state index in [9.17, 15) is 10.1 Å². The van der Waals surface area contributed by atoms with Gasteiger partial charge in [0.25, 0.3) is 5.91 Å². The first-order valence-electron chi connectivity index (χ1n) is 9.65. The number of benzene rings is 2. The number of aromatic nitrogens is 1. The van der Waals surface area contributed by atoms with Crippen LogP contribution in [0.4, 0.5) is 0 Å². The van der Waals surface area contributed by atoms with Crippen LogP contribution < -0.4 is 14.9 Å². The molecule has 1 heterocycles. The van der Waals surface area contributed by atoms with E-state index in [-0.39, 0.29) is 5.57 Å². The summed E-state index contributed by atoms with van der Waals surface area (Å²) in [4.78, 5) is 12.7. The predicted molar refractivity (Wildman–Crippen MR) is 136 cm³/mol. The number of hydrogen-bond acceptors (Lipinski definition) is 4. The minimum atomic E-state index is -0.487. The molecule has 0 saturated heterocycles. The maximum atomic E-state index is 12.7. The van der Waals surface area contributed by atoms with Crippen molar-refractivity contribution in [2.75, 3.05) is 12.5 Å². The van der Waals surface area contributed by atoms with Crippen LogP contribution in [0.1, 0.15) is 22.5 Å². The predicted octanol–water partition coefficient (Wildman–Crippen LogP) is 5.74. The first-order valence-corrected chi connectivity index (χ1v) is 11.5. The van der Waals surface area contributed by atoms with Crippen molar-refractivity contribution in [1.82, 2.24) is 4.68 Å². The van der Waals surface area contributed by atoms with Gasteiger partial charge in [0.2, 0.25) is 0 Å². The van der Waals surface area contributed by atoms with Crippen molar-refractivity contribution in [3.63, 3.8) is 0 Å². The third-order valence-corrected chi connectivity index (χ3v) is 6.04. The topological polar surface area (TPSA) is 76.3 Å². The highest BCUT2D eigenvalue weighted by atomic mass is 127. The van der Waals surface area contributed by atoms with Gasteiger partial charge in [0.15, 0.2) is 11.5 Å². The van der Waals surface area contributed by atoms with E-state index in [4.69, 9.17) is 9.47 Å². The van der Waals surface area contributed by atoms with Gasteiger partial charge in [0.05, 0.1) is 10.7 Å². The summed E-state index contributed by atoms with van der Waals surface area (Å²) >= 11 is 5.58. The van der Waals surface area contributed by atoms with Crippen molar-refractivity contribution in [3.8, 4) is 17.6 Å². The van der Waals surface area contributed by atoms with E-state index in [0.717, 1.165) is 25.0 Å². The van der Waals surface area contributed by atoms with Gasteiger partial charge in [-0.25, -0.2) is 0 Å². The number of carbonyl (C=O) groups excluding carboxylic acids is 1. The van der Waals surface area contributed by atoms with E-state index in [2.05, 4.69) is 43.9 Å². The molecule has 0 bridgehead atoms. The quantitative estimate of drug-likeness (QED) is 0.212. The lowest BCUT2D eigenvalue weighted by molar-refractivity contribution is -0.113. The Labute approximate surface area is 209 Å². The molecule has 0 aliphatic carbocycles. The Balaban J connectivity index is 1.83. The summed E-state index contributed by atoms with van der Waals surface area (Å²) in [5.74, 6) is 0.643. The highest BCUT2D eigenvalue weighted by Crippen LogP contribution is 2.35. The summed E-state index contributed by atoms with van der Waals surface area (Å²) in [6.45, 7) is 4.14. The summed E-state index contributed by atoms with van der Waals surface area (Å²) in [6.07, 6.45) is 1.53. The summed E-state index contributed by atoms with van der Waals surface area (Å²) < 4.78 is 15.0. The fourth-order valence-corrected chi connectivity index (χ4v) is 4.07. The summed E-state index contributed by atoms with van der Waals surface area (Å²) in [5, 5.41) is 9.56. The Kier molecular flexibility index (Phi) is 7.99. The average Bonchev–Trinajstić information content (AvgIpc) is 3.09. The number of methoxy groups -OCH3 is 1. The van der Waals surface area contributed by atoms with E-state index < -0.39 is 5.91 Å². The van der Waals surface area contributed by atoms with Gasteiger partial charge >= 0.3 is 0 Å². The summed E-state index contributed by atoms with van der Waals surface area (Å²) in [5.41, 5.74) is 6.17. The highest BCUT2D eigenvalue weighted by molar-refractivity contribution is 14.1. The van der Waals surface area contributed by atoms with E-state index >= 15 is 0 Å². The van der Waals surface area contributed by atoms with Gasteiger partial charge in [-0.1, -0.05) is 28.1 Å². The number of halogens is 2. The lowest BCUT2D eigenvalue weighted by Gasteiger charge is -2.14. The second-order valence-electron chi connectivity index (χ2n) is 7.01. The highest BCUT2D eigenvalue weighted by Gasteiger charge is 2.15. The molecule has 0 atom stereocenters. The maximum Gasteiger partial charge on any atom is 0.280 e.